The first-order chi connectivity index (χ1) is 7.53. The van der Waals surface area contributed by atoms with Crippen LogP contribution in [0.5, 0.6) is 0 Å². The smallest absolute Gasteiger partial charge is 0.166 e. The highest BCUT2D eigenvalue weighted by atomic mass is 19.4. The Kier molecular flexibility index (Phi) is 3.45. The summed E-state index contributed by atoms with van der Waals surface area (Å²) in [6.45, 7) is 2.83. The molecule has 0 aromatic heterocycles. The summed E-state index contributed by atoms with van der Waals surface area (Å²) in [6, 6.07) is 1.64. The Bertz CT molecular complexity index is 399. The van der Waals surface area contributed by atoms with Crippen molar-refractivity contribution >= 4 is 0 Å². The van der Waals surface area contributed by atoms with Crippen molar-refractivity contribution in [2.75, 3.05) is 0 Å². The molecule has 0 aliphatic carbocycles. The van der Waals surface area contributed by atoms with Crippen LogP contribution in [0.2, 0.25) is 0 Å². The number of halogens is 6. The number of hydrogen-bond donors (Lipinski definition) is 0. The van der Waals surface area contributed by atoms with Crippen molar-refractivity contribution in [1.29, 1.82) is 0 Å². The molecule has 0 aliphatic heterocycles. The average molecular weight is 255 g/mol. The molecule has 0 atom stereocenters. The van der Waals surface area contributed by atoms with E-state index in [1.807, 2.05) is 0 Å². The van der Waals surface area contributed by atoms with Crippen molar-refractivity contribution in [3.8, 4) is 0 Å². The maximum Gasteiger partial charge on any atom is 0.416 e. The first kappa shape index (κ1) is 13.9. The summed E-state index contributed by atoms with van der Waals surface area (Å²) in [7, 11) is 0. The third-order valence-electron chi connectivity index (χ3n) is 2.19. The minimum Gasteiger partial charge on any atom is -0.166 e. The molecule has 95 valence electrons. The van der Waals surface area contributed by atoms with Gasteiger partial charge in [-0.15, -0.1) is 0 Å². The van der Waals surface area contributed by atoms with Crippen LogP contribution in [0.15, 0.2) is 18.2 Å². The Morgan fingerprint density at radius 2 is 1.41 bits per heavy atom. The molecule has 0 saturated heterocycles. The quantitative estimate of drug-likeness (QED) is 0.639. The van der Waals surface area contributed by atoms with Gasteiger partial charge in [0.2, 0.25) is 0 Å². The van der Waals surface area contributed by atoms with Gasteiger partial charge in [-0.3, -0.25) is 0 Å². The van der Waals surface area contributed by atoms with Crippen LogP contribution in [0.25, 0.3) is 0 Å². The minimum atomic E-state index is -4.80. The molecule has 0 saturated carbocycles. The van der Waals surface area contributed by atoms with Crippen LogP contribution in [0.3, 0.4) is 0 Å². The Labute approximate surface area is 94.2 Å². The van der Waals surface area contributed by atoms with E-state index in [1.54, 1.807) is 0 Å². The summed E-state index contributed by atoms with van der Waals surface area (Å²) in [5.41, 5.74) is -2.77. The summed E-state index contributed by atoms with van der Waals surface area (Å²) in [5, 5.41) is 0. The van der Waals surface area contributed by atoms with Crippen LogP contribution in [-0.4, -0.2) is 0 Å². The van der Waals surface area contributed by atoms with Crippen LogP contribution in [-0.2, 0) is 12.4 Å². The molecule has 0 aliphatic rings. The fourth-order valence-electron chi connectivity index (χ4n) is 1.39. The van der Waals surface area contributed by atoms with Gasteiger partial charge in [-0.25, -0.2) is 0 Å². The van der Waals surface area contributed by atoms with E-state index in [-0.39, 0.29) is 11.6 Å². The summed E-state index contributed by atoms with van der Waals surface area (Å²) in [6.07, 6.45) is -9.58. The van der Waals surface area contributed by atoms with Gasteiger partial charge in [0.05, 0.1) is 11.1 Å². The topological polar surface area (TPSA) is 0 Å². The van der Waals surface area contributed by atoms with Gasteiger partial charge in [-0.05, 0) is 23.6 Å². The number of rotatable bonds is 1. The minimum absolute atomic E-state index is 0.141. The van der Waals surface area contributed by atoms with Crippen molar-refractivity contribution in [2.45, 2.75) is 26.2 Å². The molecule has 1 rings (SSSR count). The highest BCUT2D eigenvalue weighted by Gasteiger charge is 2.38. The molecule has 0 amide bonds. The molecule has 1 aromatic carbocycles. The van der Waals surface area contributed by atoms with Crippen molar-refractivity contribution in [2.24, 2.45) is 0 Å². The van der Waals surface area contributed by atoms with E-state index >= 15 is 0 Å². The molecule has 0 heterocycles. The van der Waals surface area contributed by atoms with E-state index < -0.39 is 23.5 Å². The molecule has 1 aromatic rings. The molecule has 0 bridgehead atoms. The standard InChI is InChI=1S/C11H9F6/c1-6(2)8-4-3-7(10(12,13)14)5-9(8)11(15,16)17/h3-5H,1-2H3. The van der Waals surface area contributed by atoms with Gasteiger partial charge in [0, 0.05) is 0 Å². The fraction of sp³-hybridized carbons (Fsp3) is 0.364. The molecule has 1 radical (unpaired) electrons. The van der Waals surface area contributed by atoms with Crippen LogP contribution in [0.4, 0.5) is 26.3 Å². The lowest BCUT2D eigenvalue weighted by atomic mass is 9.95. The van der Waals surface area contributed by atoms with Gasteiger partial charge < -0.3 is 0 Å². The summed E-state index contributed by atoms with van der Waals surface area (Å²) in [4.78, 5) is 0. The molecule has 0 spiro atoms. The lowest BCUT2D eigenvalue weighted by molar-refractivity contribution is -0.143. The third kappa shape index (κ3) is 3.14. The van der Waals surface area contributed by atoms with E-state index in [1.165, 1.54) is 13.8 Å². The second-order valence-electron chi connectivity index (χ2n) is 3.76. The van der Waals surface area contributed by atoms with Gasteiger partial charge >= 0.3 is 12.4 Å². The number of hydrogen-bond acceptors (Lipinski definition) is 0. The lowest BCUT2D eigenvalue weighted by Gasteiger charge is -2.17. The highest BCUT2D eigenvalue weighted by molar-refractivity contribution is 5.42. The highest BCUT2D eigenvalue weighted by Crippen LogP contribution is 2.39. The van der Waals surface area contributed by atoms with Crippen LogP contribution >= 0.6 is 0 Å². The third-order valence-corrected chi connectivity index (χ3v) is 2.19. The molecule has 6 heteroatoms. The van der Waals surface area contributed by atoms with Crippen molar-refractivity contribution < 1.29 is 26.3 Å². The Balaban J connectivity index is 3.41. The van der Waals surface area contributed by atoms with Gasteiger partial charge in [0.15, 0.2) is 0 Å². The average Bonchev–Trinajstić information content (AvgIpc) is 2.14. The normalized spacial score (nSPS) is 13.2. The Morgan fingerprint density at radius 3 is 1.76 bits per heavy atom. The first-order valence-corrected chi connectivity index (χ1v) is 4.62. The van der Waals surface area contributed by atoms with Gasteiger partial charge in [-0.2, -0.15) is 26.3 Å². The Morgan fingerprint density at radius 1 is 0.882 bits per heavy atom. The molecular weight excluding hydrogens is 246 g/mol. The van der Waals surface area contributed by atoms with Crippen molar-refractivity contribution in [3.05, 3.63) is 40.8 Å². The summed E-state index contributed by atoms with van der Waals surface area (Å²) < 4.78 is 74.7. The Hall–Kier alpha value is -1.20. The maximum absolute atomic E-state index is 12.6. The predicted molar refractivity (Wildman–Crippen MR) is 50.1 cm³/mol. The van der Waals surface area contributed by atoms with E-state index in [0.717, 1.165) is 6.07 Å². The van der Waals surface area contributed by atoms with Crippen LogP contribution < -0.4 is 0 Å². The largest absolute Gasteiger partial charge is 0.416 e. The van der Waals surface area contributed by atoms with Crippen LogP contribution in [0, 0.1) is 5.92 Å². The second-order valence-corrected chi connectivity index (χ2v) is 3.76. The second kappa shape index (κ2) is 4.23. The zero-order valence-electron chi connectivity index (χ0n) is 9.00. The van der Waals surface area contributed by atoms with E-state index in [4.69, 9.17) is 0 Å². The zero-order chi connectivity index (χ0) is 13.4. The van der Waals surface area contributed by atoms with Gasteiger partial charge in [0.25, 0.3) is 0 Å². The molecule has 0 nitrogen and oxygen atoms in total. The first-order valence-electron chi connectivity index (χ1n) is 4.62. The van der Waals surface area contributed by atoms with E-state index in [2.05, 4.69) is 0 Å². The monoisotopic (exact) mass is 255 g/mol. The lowest BCUT2D eigenvalue weighted by Crippen LogP contribution is -2.14. The van der Waals surface area contributed by atoms with Crippen molar-refractivity contribution in [1.82, 2.24) is 0 Å². The molecular formula is C11H9F6. The predicted octanol–water partition coefficient (Wildman–Crippen LogP) is 4.69. The summed E-state index contributed by atoms with van der Waals surface area (Å²) >= 11 is 0. The molecule has 0 unspecified atom stereocenters. The van der Waals surface area contributed by atoms with Gasteiger partial charge in [0.1, 0.15) is 0 Å². The molecule has 17 heavy (non-hydrogen) atoms. The number of benzene rings is 1. The van der Waals surface area contributed by atoms with E-state index in [0.29, 0.717) is 12.0 Å². The SMILES string of the molecule is C[C](C)c1ccc(C(F)(F)F)cc1C(F)(F)F. The maximum atomic E-state index is 12.6. The fourth-order valence-corrected chi connectivity index (χ4v) is 1.39. The van der Waals surface area contributed by atoms with E-state index in [9.17, 15) is 26.3 Å². The molecule has 0 fully saturated rings. The molecule has 0 N–H and O–H groups in total. The number of alkyl halides is 6. The van der Waals surface area contributed by atoms with Crippen LogP contribution in [0.1, 0.15) is 30.5 Å². The van der Waals surface area contributed by atoms with Gasteiger partial charge in [-0.1, -0.05) is 19.9 Å². The summed E-state index contributed by atoms with van der Waals surface area (Å²) in [5.74, 6) is 0.311. The zero-order valence-corrected chi connectivity index (χ0v) is 9.00. The van der Waals surface area contributed by atoms with Crippen molar-refractivity contribution in [3.63, 3.8) is 0 Å².